The maximum atomic E-state index is 11.8. The van der Waals surface area contributed by atoms with E-state index >= 15 is 0 Å². The average Bonchev–Trinajstić information content (AvgIpc) is 2.48. The van der Waals surface area contributed by atoms with E-state index in [4.69, 9.17) is 4.74 Å². The van der Waals surface area contributed by atoms with Gasteiger partial charge in [-0.1, -0.05) is 0 Å². The quantitative estimate of drug-likeness (QED) is 0.271. The minimum absolute atomic E-state index is 0.0140. The number of ether oxygens (including phenoxy) is 1. The van der Waals surface area contributed by atoms with Gasteiger partial charge in [0.15, 0.2) is 5.71 Å². The molecule has 0 aliphatic rings. The van der Waals surface area contributed by atoms with Crippen LogP contribution >= 0.6 is 0 Å². The number of carbonyl (C=O) groups excluding carboxylic acids is 1. The predicted molar refractivity (Wildman–Crippen MR) is 81.5 cm³/mol. The summed E-state index contributed by atoms with van der Waals surface area (Å²) in [6.45, 7) is 3.37. The summed E-state index contributed by atoms with van der Waals surface area (Å²) in [4.78, 5) is 25.7. The number of non-ortho nitro benzene ring substituents is 1. The van der Waals surface area contributed by atoms with Gasteiger partial charge in [0, 0.05) is 19.2 Å². The van der Waals surface area contributed by atoms with Crippen LogP contribution in [0.5, 0.6) is 5.75 Å². The van der Waals surface area contributed by atoms with Gasteiger partial charge in [0.1, 0.15) is 11.4 Å². The molecule has 0 spiro atoms. The lowest BCUT2D eigenvalue weighted by Gasteiger charge is -2.07. The van der Waals surface area contributed by atoms with E-state index in [2.05, 4.69) is 15.5 Å². The van der Waals surface area contributed by atoms with E-state index in [9.17, 15) is 20.0 Å². The van der Waals surface area contributed by atoms with E-state index in [1.54, 1.807) is 13.8 Å². The van der Waals surface area contributed by atoms with Gasteiger partial charge in [0.2, 0.25) is 0 Å². The number of anilines is 1. The first-order valence-electron chi connectivity index (χ1n) is 6.32. The van der Waals surface area contributed by atoms with Crippen molar-refractivity contribution in [3.05, 3.63) is 28.3 Å². The minimum Gasteiger partial charge on any atom is -0.506 e. The van der Waals surface area contributed by atoms with E-state index < -0.39 is 10.9 Å². The monoisotopic (exact) mass is 308 g/mol. The second-order valence-electron chi connectivity index (χ2n) is 4.06. The molecular weight excluding hydrogens is 292 g/mol. The van der Waals surface area contributed by atoms with Crippen LogP contribution in [0, 0.1) is 10.1 Å². The van der Waals surface area contributed by atoms with E-state index in [0.717, 1.165) is 18.2 Å². The van der Waals surface area contributed by atoms with Crippen molar-refractivity contribution in [1.82, 2.24) is 0 Å². The molecule has 118 valence electrons. The Labute approximate surface area is 126 Å². The molecule has 0 fully saturated rings. The Kier molecular flexibility index (Phi) is 5.99. The maximum Gasteiger partial charge on any atom is 0.360 e. The second kappa shape index (κ2) is 7.72. The van der Waals surface area contributed by atoms with Crippen LogP contribution in [0.3, 0.4) is 0 Å². The van der Waals surface area contributed by atoms with Crippen LogP contribution in [0.2, 0.25) is 0 Å². The number of nitrogens with one attached hydrogen (secondary N) is 1. The van der Waals surface area contributed by atoms with Crippen molar-refractivity contribution < 1.29 is 19.6 Å². The molecular formula is C13H16N4O5. The zero-order chi connectivity index (χ0) is 16.7. The van der Waals surface area contributed by atoms with E-state index in [-0.39, 0.29) is 29.4 Å². The minimum atomic E-state index is -0.692. The highest BCUT2D eigenvalue weighted by Crippen LogP contribution is 2.27. The fourth-order valence-electron chi connectivity index (χ4n) is 1.42. The zero-order valence-electron chi connectivity index (χ0n) is 12.4. The first-order valence-corrected chi connectivity index (χ1v) is 6.32. The Bertz CT molecular complexity index is 639. The van der Waals surface area contributed by atoms with Gasteiger partial charge >= 0.3 is 5.97 Å². The van der Waals surface area contributed by atoms with Gasteiger partial charge in [0.05, 0.1) is 17.2 Å². The number of nitro benzene ring substituents is 1. The summed E-state index contributed by atoms with van der Waals surface area (Å²) < 4.78 is 4.85. The topological polar surface area (TPSA) is 126 Å². The van der Waals surface area contributed by atoms with E-state index in [1.165, 1.54) is 7.05 Å². The number of aromatic hydroxyl groups is 1. The molecule has 22 heavy (non-hydrogen) atoms. The summed E-state index contributed by atoms with van der Waals surface area (Å²) in [5.41, 5.74) is 2.40. The molecule has 0 aliphatic heterocycles. The van der Waals surface area contributed by atoms with Crippen LogP contribution in [0.4, 0.5) is 11.4 Å². The van der Waals surface area contributed by atoms with Crippen LogP contribution in [-0.2, 0) is 9.53 Å². The largest absolute Gasteiger partial charge is 0.506 e. The van der Waals surface area contributed by atoms with Crippen molar-refractivity contribution in [2.75, 3.05) is 19.1 Å². The summed E-state index contributed by atoms with van der Waals surface area (Å²) in [5, 5.41) is 24.2. The summed E-state index contributed by atoms with van der Waals surface area (Å²) >= 11 is 0. The number of benzene rings is 1. The Morgan fingerprint density at radius 3 is 2.73 bits per heavy atom. The highest BCUT2D eigenvalue weighted by molar-refractivity contribution is 6.65. The average molecular weight is 308 g/mol. The first-order chi connectivity index (χ1) is 10.4. The summed E-state index contributed by atoms with van der Waals surface area (Å²) in [5.74, 6) is -0.938. The Morgan fingerprint density at radius 1 is 1.50 bits per heavy atom. The molecule has 2 N–H and O–H groups in total. The molecule has 0 radical (unpaired) electrons. The van der Waals surface area contributed by atoms with Crippen molar-refractivity contribution in [3.8, 4) is 5.75 Å². The summed E-state index contributed by atoms with van der Waals surface area (Å²) in [7, 11) is 1.48. The van der Waals surface area contributed by atoms with Crippen molar-refractivity contribution in [3.63, 3.8) is 0 Å². The number of aliphatic imine (C=N–C) groups is 1. The highest BCUT2D eigenvalue weighted by Gasteiger charge is 2.17. The van der Waals surface area contributed by atoms with Gasteiger partial charge in [-0.15, -0.1) is 0 Å². The van der Waals surface area contributed by atoms with Gasteiger partial charge in [-0.3, -0.25) is 20.5 Å². The SMILES string of the molecule is CCOC(=O)/C(=N/Nc1cc([N+](=O)[O-])ccc1O)C(C)=NC. The number of nitro groups is 1. The third-order valence-corrected chi connectivity index (χ3v) is 2.63. The highest BCUT2D eigenvalue weighted by atomic mass is 16.6. The molecule has 0 heterocycles. The number of hydrogen-bond acceptors (Lipinski definition) is 8. The van der Waals surface area contributed by atoms with Gasteiger partial charge in [-0.2, -0.15) is 5.10 Å². The summed E-state index contributed by atoms with van der Waals surface area (Å²) in [6.07, 6.45) is 0. The number of phenolic OH excluding ortho intramolecular Hbond substituents is 1. The van der Waals surface area contributed by atoms with Gasteiger partial charge in [0.25, 0.3) is 5.69 Å². The molecule has 9 nitrogen and oxygen atoms in total. The fraction of sp³-hybridized carbons (Fsp3) is 0.308. The van der Waals surface area contributed by atoms with Crippen LogP contribution < -0.4 is 5.43 Å². The number of hydrogen-bond donors (Lipinski definition) is 2. The fourth-order valence-corrected chi connectivity index (χ4v) is 1.42. The predicted octanol–water partition coefficient (Wildman–Crippen LogP) is 1.72. The third-order valence-electron chi connectivity index (χ3n) is 2.63. The molecule has 0 aromatic heterocycles. The molecule has 0 saturated heterocycles. The molecule has 0 saturated carbocycles. The van der Waals surface area contributed by atoms with Crippen molar-refractivity contribution in [2.45, 2.75) is 13.8 Å². The lowest BCUT2D eigenvalue weighted by atomic mass is 10.2. The molecule has 0 unspecified atom stereocenters. The molecule has 1 rings (SSSR count). The molecule has 0 bridgehead atoms. The van der Waals surface area contributed by atoms with Gasteiger partial charge in [-0.05, 0) is 19.9 Å². The van der Waals surface area contributed by atoms with Gasteiger partial charge in [-0.25, -0.2) is 4.79 Å². The number of rotatable bonds is 6. The number of carbonyl (C=O) groups is 1. The molecule has 0 aliphatic carbocycles. The van der Waals surface area contributed by atoms with Crippen LogP contribution in [0.15, 0.2) is 28.3 Å². The first kappa shape index (κ1) is 17.1. The Morgan fingerprint density at radius 2 is 2.18 bits per heavy atom. The lowest BCUT2D eigenvalue weighted by Crippen LogP contribution is -2.25. The van der Waals surface area contributed by atoms with Crippen LogP contribution in [0.1, 0.15) is 13.8 Å². The molecule has 1 aromatic rings. The number of nitrogens with zero attached hydrogens (tertiary/aromatic N) is 3. The standard InChI is InChI=1S/C13H16N4O5/c1-4-22-13(19)12(8(2)14-3)16-15-10-7-9(17(20)21)5-6-11(10)18/h5-7,15,18H,4H2,1-3H3/b14-8?,16-12+. The van der Waals surface area contributed by atoms with Crippen LogP contribution in [-0.4, -0.2) is 41.1 Å². The molecule has 9 heteroatoms. The smallest absolute Gasteiger partial charge is 0.360 e. The normalized spacial score (nSPS) is 12.0. The lowest BCUT2D eigenvalue weighted by molar-refractivity contribution is -0.384. The molecule has 0 amide bonds. The van der Waals surface area contributed by atoms with Crippen molar-refractivity contribution in [2.24, 2.45) is 10.1 Å². The Balaban J connectivity index is 3.12. The maximum absolute atomic E-state index is 11.8. The van der Waals surface area contributed by atoms with Crippen molar-refractivity contribution >= 4 is 28.8 Å². The van der Waals surface area contributed by atoms with E-state index in [0.29, 0.717) is 5.71 Å². The van der Waals surface area contributed by atoms with Gasteiger partial charge < -0.3 is 9.84 Å². The zero-order valence-corrected chi connectivity index (χ0v) is 12.4. The van der Waals surface area contributed by atoms with Crippen LogP contribution in [0.25, 0.3) is 0 Å². The Hall–Kier alpha value is -2.97. The second-order valence-corrected chi connectivity index (χ2v) is 4.06. The number of phenols is 1. The number of esters is 1. The molecule has 0 atom stereocenters. The van der Waals surface area contributed by atoms with Crippen molar-refractivity contribution in [1.29, 1.82) is 0 Å². The third kappa shape index (κ3) is 4.27. The summed E-state index contributed by atoms with van der Waals surface area (Å²) in [6, 6.07) is 3.40. The van der Waals surface area contributed by atoms with E-state index in [1.807, 2.05) is 0 Å². The number of hydrazone groups is 1. The molecule has 1 aromatic carbocycles.